The third-order valence-electron chi connectivity index (χ3n) is 6.22. The molecule has 8 nitrogen and oxygen atoms in total. The maximum absolute atomic E-state index is 5.97. The molecule has 1 spiro atoms. The fourth-order valence-electron chi connectivity index (χ4n) is 4.50. The molecule has 1 atom stereocenters. The average molecular weight is 393 g/mol. The number of hydrogen-bond donors (Lipinski definition) is 1. The Bertz CT molecular complexity index is 1010. The summed E-state index contributed by atoms with van der Waals surface area (Å²) in [5.74, 6) is 0.673. The first-order chi connectivity index (χ1) is 14.1. The lowest BCUT2D eigenvalue weighted by Gasteiger charge is -2.34. The number of rotatable bonds is 5. The first kappa shape index (κ1) is 18.3. The second-order valence-electron chi connectivity index (χ2n) is 8.26. The summed E-state index contributed by atoms with van der Waals surface area (Å²) in [5, 5.41) is 3.36. The molecule has 0 saturated carbocycles. The molecular weight excluding hydrogens is 366 g/mol. The van der Waals surface area contributed by atoms with Gasteiger partial charge in [0, 0.05) is 57.0 Å². The molecular formula is C21H27N7O. The van der Waals surface area contributed by atoms with Crippen molar-refractivity contribution in [3.05, 3.63) is 59.7 Å². The minimum absolute atomic E-state index is 0.0509. The molecule has 0 bridgehead atoms. The molecule has 0 aliphatic carbocycles. The quantitative estimate of drug-likeness (QED) is 0.713. The second-order valence-corrected chi connectivity index (χ2v) is 8.26. The molecule has 0 radical (unpaired) electrons. The van der Waals surface area contributed by atoms with E-state index in [4.69, 9.17) is 9.72 Å². The van der Waals surface area contributed by atoms with E-state index in [1.54, 1.807) is 6.33 Å². The van der Waals surface area contributed by atoms with Gasteiger partial charge in [-0.3, -0.25) is 4.90 Å². The highest BCUT2D eigenvalue weighted by Gasteiger charge is 2.45. The summed E-state index contributed by atoms with van der Waals surface area (Å²) in [4.78, 5) is 16.2. The van der Waals surface area contributed by atoms with Gasteiger partial charge in [-0.1, -0.05) is 0 Å². The molecule has 1 unspecified atom stereocenters. The van der Waals surface area contributed by atoms with E-state index in [0.29, 0.717) is 19.1 Å². The van der Waals surface area contributed by atoms with E-state index < -0.39 is 0 Å². The van der Waals surface area contributed by atoms with Crippen LogP contribution in [0.3, 0.4) is 0 Å². The fourth-order valence-corrected chi connectivity index (χ4v) is 4.50. The van der Waals surface area contributed by atoms with Crippen molar-refractivity contribution >= 4 is 5.95 Å². The summed E-state index contributed by atoms with van der Waals surface area (Å²) in [6.07, 6.45) is 8.75. The van der Waals surface area contributed by atoms with Crippen molar-refractivity contribution in [2.45, 2.75) is 31.5 Å². The molecule has 5 rings (SSSR count). The Morgan fingerprint density at radius 3 is 2.93 bits per heavy atom. The number of likely N-dealkylation sites (tertiary alicyclic amines) is 1. The predicted molar refractivity (Wildman–Crippen MR) is 109 cm³/mol. The molecule has 0 amide bonds. The molecule has 2 aliphatic rings. The van der Waals surface area contributed by atoms with Gasteiger partial charge in [-0.2, -0.15) is 0 Å². The zero-order valence-corrected chi connectivity index (χ0v) is 17.0. The van der Waals surface area contributed by atoms with Crippen molar-refractivity contribution in [3.63, 3.8) is 0 Å². The zero-order valence-electron chi connectivity index (χ0n) is 17.0. The van der Waals surface area contributed by atoms with Crippen LogP contribution in [-0.4, -0.2) is 48.7 Å². The topological polar surface area (TPSA) is 73.0 Å². The lowest BCUT2D eigenvalue weighted by molar-refractivity contribution is 0.0502. The van der Waals surface area contributed by atoms with Gasteiger partial charge in [-0.25, -0.2) is 15.0 Å². The van der Waals surface area contributed by atoms with Crippen LogP contribution in [-0.2, 0) is 43.9 Å². The number of nitrogens with one attached hydrogen (secondary N) is 1. The van der Waals surface area contributed by atoms with Crippen molar-refractivity contribution < 1.29 is 4.74 Å². The van der Waals surface area contributed by atoms with Crippen LogP contribution in [0, 0.1) is 0 Å². The number of hydrogen-bond acceptors (Lipinski definition) is 6. The number of fused-ring (bicyclic) bond motifs is 2. The molecule has 3 aromatic rings. The van der Waals surface area contributed by atoms with Crippen LogP contribution in [0.4, 0.5) is 5.95 Å². The number of aromatic nitrogens is 5. The van der Waals surface area contributed by atoms with Crippen molar-refractivity contribution in [2.75, 3.05) is 25.0 Å². The minimum Gasteiger partial charge on any atom is -0.376 e. The molecule has 8 heteroatoms. The van der Waals surface area contributed by atoms with Gasteiger partial charge in [0.25, 0.3) is 0 Å². The fraction of sp³-hybridized carbons (Fsp3) is 0.476. The molecule has 1 fully saturated rings. The van der Waals surface area contributed by atoms with Crippen LogP contribution in [0.25, 0.3) is 0 Å². The predicted octanol–water partition coefficient (Wildman–Crippen LogP) is 1.83. The Morgan fingerprint density at radius 1 is 1.21 bits per heavy atom. The lowest BCUT2D eigenvalue weighted by Crippen LogP contribution is -2.40. The van der Waals surface area contributed by atoms with Gasteiger partial charge < -0.3 is 19.2 Å². The van der Waals surface area contributed by atoms with Crippen molar-refractivity contribution in [1.82, 2.24) is 29.0 Å². The second kappa shape index (κ2) is 7.27. The normalized spacial score (nSPS) is 21.6. The Hall–Kier alpha value is -2.71. The van der Waals surface area contributed by atoms with Gasteiger partial charge in [-0.15, -0.1) is 0 Å². The molecule has 3 aromatic heterocycles. The molecule has 2 aliphatic heterocycles. The molecule has 152 valence electrons. The summed E-state index contributed by atoms with van der Waals surface area (Å²) in [6, 6.07) is 4.30. The molecule has 0 aromatic carbocycles. The van der Waals surface area contributed by atoms with Crippen molar-refractivity contribution in [1.29, 1.82) is 0 Å². The summed E-state index contributed by atoms with van der Waals surface area (Å²) in [7, 11) is 4.09. The van der Waals surface area contributed by atoms with E-state index in [1.165, 1.54) is 5.69 Å². The number of ether oxygens (including phenoxy) is 1. The third kappa shape index (κ3) is 3.42. The van der Waals surface area contributed by atoms with Gasteiger partial charge in [0.1, 0.15) is 0 Å². The van der Waals surface area contributed by atoms with Crippen LogP contribution in [0.5, 0.6) is 0 Å². The first-order valence-corrected chi connectivity index (χ1v) is 10.1. The van der Waals surface area contributed by atoms with E-state index in [2.05, 4.69) is 50.1 Å². The lowest BCUT2D eigenvalue weighted by atomic mass is 9.80. The van der Waals surface area contributed by atoms with Crippen LogP contribution in [0.15, 0.2) is 37.1 Å². The summed E-state index contributed by atoms with van der Waals surface area (Å²) >= 11 is 0. The maximum Gasteiger partial charge on any atom is 0.223 e. The molecule has 1 N–H and O–H groups in total. The van der Waals surface area contributed by atoms with Gasteiger partial charge in [-0.05, 0) is 25.1 Å². The Morgan fingerprint density at radius 2 is 2.14 bits per heavy atom. The van der Waals surface area contributed by atoms with Gasteiger partial charge in [0.2, 0.25) is 5.95 Å². The van der Waals surface area contributed by atoms with Crippen LogP contribution >= 0.6 is 0 Å². The molecule has 1 saturated heterocycles. The monoisotopic (exact) mass is 393 g/mol. The van der Waals surface area contributed by atoms with E-state index in [0.717, 1.165) is 49.6 Å². The van der Waals surface area contributed by atoms with Gasteiger partial charge in [0.05, 0.1) is 42.9 Å². The van der Waals surface area contributed by atoms with Gasteiger partial charge >= 0.3 is 0 Å². The number of nitrogens with zero attached hydrogens (tertiary/aromatic N) is 6. The largest absolute Gasteiger partial charge is 0.376 e. The number of aryl methyl sites for hydroxylation is 2. The van der Waals surface area contributed by atoms with E-state index in [-0.39, 0.29) is 5.41 Å². The van der Waals surface area contributed by atoms with Gasteiger partial charge in [0.15, 0.2) is 0 Å². The van der Waals surface area contributed by atoms with Crippen LogP contribution < -0.4 is 5.32 Å². The zero-order chi connectivity index (χ0) is 19.8. The van der Waals surface area contributed by atoms with E-state index >= 15 is 0 Å². The van der Waals surface area contributed by atoms with Crippen LogP contribution in [0.2, 0.25) is 0 Å². The summed E-state index contributed by atoms with van der Waals surface area (Å²) < 4.78 is 10.2. The maximum atomic E-state index is 5.97. The SMILES string of the molecule is Cn1cncc1CNc1ncc2c(n1)C1(CCN(Cc3cccn3C)C1)COC2. The highest BCUT2D eigenvalue weighted by atomic mass is 16.5. The van der Waals surface area contributed by atoms with Crippen molar-refractivity contribution in [2.24, 2.45) is 14.1 Å². The average Bonchev–Trinajstić information content (AvgIpc) is 3.43. The highest BCUT2D eigenvalue weighted by Crippen LogP contribution is 2.39. The smallest absolute Gasteiger partial charge is 0.223 e. The highest BCUT2D eigenvalue weighted by molar-refractivity contribution is 5.37. The third-order valence-corrected chi connectivity index (χ3v) is 6.22. The Balaban J connectivity index is 1.35. The first-order valence-electron chi connectivity index (χ1n) is 10.1. The van der Waals surface area contributed by atoms with Crippen LogP contribution in [0.1, 0.15) is 29.1 Å². The standard InChI is InChI=1S/C21H27N7O/c1-26-6-3-4-17(26)11-28-7-5-21(13-28)14-29-12-16-8-23-20(25-19(16)21)24-10-18-9-22-15-27(18)2/h3-4,6,8-9,15H,5,7,10-14H2,1-2H3,(H,23,24,25). The summed E-state index contributed by atoms with van der Waals surface area (Å²) in [6.45, 7) is 4.94. The minimum atomic E-state index is -0.0509. The Kier molecular flexibility index (Phi) is 4.60. The number of anilines is 1. The van der Waals surface area contributed by atoms with E-state index in [9.17, 15) is 0 Å². The summed E-state index contributed by atoms with van der Waals surface area (Å²) in [5.41, 5.74) is 4.65. The van der Waals surface area contributed by atoms with E-state index in [1.807, 2.05) is 24.0 Å². The molecule has 29 heavy (non-hydrogen) atoms. The molecule has 5 heterocycles. The Labute approximate surface area is 170 Å². The number of imidazole rings is 1. The van der Waals surface area contributed by atoms with Crippen molar-refractivity contribution in [3.8, 4) is 0 Å².